The van der Waals surface area contributed by atoms with Crippen LogP contribution in [0.25, 0.3) is 0 Å². The molecule has 98 valence electrons. The lowest BCUT2D eigenvalue weighted by Crippen LogP contribution is -2.55. The molecule has 0 aromatic rings. The minimum atomic E-state index is -0.593. The summed E-state index contributed by atoms with van der Waals surface area (Å²) in [5.41, 5.74) is 5.23. The van der Waals surface area contributed by atoms with Gasteiger partial charge in [-0.05, 0) is 56.9 Å². The molecule has 3 fully saturated rings. The maximum Gasteiger partial charge on any atom is 0.0923 e. The predicted molar refractivity (Wildman–Crippen MR) is 68.7 cm³/mol. The van der Waals surface area contributed by atoms with Gasteiger partial charge >= 0.3 is 0 Å². The highest BCUT2D eigenvalue weighted by Crippen LogP contribution is 2.42. The summed E-state index contributed by atoms with van der Waals surface area (Å²) < 4.78 is 0. The van der Waals surface area contributed by atoms with Crippen molar-refractivity contribution in [3.05, 3.63) is 0 Å². The number of fused-ring (bicyclic) bond motifs is 1. The van der Waals surface area contributed by atoms with Crippen molar-refractivity contribution in [3.8, 4) is 0 Å². The van der Waals surface area contributed by atoms with Gasteiger partial charge in [-0.3, -0.25) is 4.90 Å². The molecule has 1 heterocycles. The van der Waals surface area contributed by atoms with Crippen molar-refractivity contribution in [1.82, 2.24) is 4.90 Å². The zero-order valence-electron chi connectivity index (χ0n) is 10.8. The molecule has 0 spiro atoms. The van der Waals surface area contributed by atoms with Crippen molar-refractivity contribution in [1.29, 1.82) is 0 Å². The van der Waals surface area contributed by atoms with Gasteiger partial charge in [0, 0.05) is 19.1 Å². The molecule has 17 heavy (non-hydrogen) atoms. The van der Waals surface area contributed by atoms with Gasteiger partial charge in [-0.25, -0.2) is 0 Å². The van der Waals surface area contributed by atoms with Crippen molar-refractivity contribution in [2.24, 2.45) is 17.6 Å². The Kier molecular flexibility index (Phi) is 3.18. The van der Waals surface area contributed by atoms with Crippen LogP contribution in [0.2, 0.25) is 0 Å². The number of rotatable bonds is 4. The number of aliphatic hydroxyl groups is 1. The maximum atomic E-state index is 10.7. The highest BCUT2D eigenvalue weighted by Gasteiger charge is 2.46. The van der Waals surface area contributed by atoms with Gasteiger partial charge in [0.1, 0.15) is 0 Å². The third kappa shape index (κ3) is 2.25. The second-order valence-corrected chi connectivity index (χ2v) is 6.45. The first-order valence-electron chi connectivity index (χ1n) is 7.39. The highest BCUT2D eigenvalue weighted by atomic mass is 16.3. The normalized spacial score (nSPS) is 37.8. The van der Waals surface area contributed by atoms with E-state index in [-0.39, 0.29) is 0 Å². The topological polar surface area (TPSA) is 49.5 Å². The van der Waals surface area contributed by atoms with Crippen LogP contribution in [0, 0.1) is 11.8 Å². The lowest BCUT2D eigenvalue weighted by atomic mass is 9.89. The van der Waals surface area contributed by atoms with Crippen molar-refractivity contribution in [2.75, 3.05) is 19.6 Å². The number of hydrogen-bond donors (Lipinski definition) is 2. The minimum absolute atomic E-state index is 0.436. The van der Waals surface area contributed by atoms with Gasteiger partial charge in [-0.2, -0.15) is 0 Å². The van der Waals surface area contributed by atoms with E-state index in [1.165, 1.54) is 51.5 Å². The van der Waals surface area contributed by atoms with Crippen molar-refractivity contribution in [2.45, 2.75) is 56.6 Å². The zero-order chi connectivity index (χ0) is 11.9. The van der Waals surface area contributed by atoms with Crippen LogP contribution in [-0.4, -0.2) is 41.3 Å². The SMILES string of the molecule is NCC(O)(CN1CCCC2CCCC21)C1CC1. The second kappa shape index (κ2) is 4.52. The fourth-order valence-electron chi connectivity index (χ4n) is 4.09. The highest BCUT2D eigenvalue weighted by molar-refractivity contribution is 5.00. The quantitative estimate of drug-likeness (QED) is 0.777. The van der Waals surface area contributed by atoms with Crippen molar-refractivity contribution in [3.63, 3.8) is 0 Å². The average molecular weight is 238 g/mol. The van der Waals surface area contributed by atoms with E-state index >= 15 is 0 Å². The van der Waals surface area contributed by atoms with E-state index in [2.05, 4.69) is 4.90 Å². The van der Waals surface area contributed by atoms with Gasteiger partial charge < -0.3 is 10.8 Å². The summed E-state index contributed by atoms with van der Waals surface area (Å²) in [7, 11) is 0. The number of hydrogen-bond acceptors (Lipinski definition) is 3. The third-order valence-corrected chi connectivity index (χ3v) is 5.28. The Balaban J connectivity index is 1.66. The molecule has 3 N–H and O–H groups in total. The molecule has 2 saturated carbocycles. The van der Waals surface area contributed by atoms with Gasteiger partial charge in [-0.1, -0.05) is 6.42 Å². The van der Waals surface area contributed by atoms with E-state index in [9.17, 15) is 5.11 Å². The Morgan fingerprint density at radius 2 is 1.88 bits per heavy atom. The van der Waals surface area contributed by atoms with Crippen molar-refractivity contribution < 1.29 is 5.11 Å². The Morgan fingerprint density at radius 1 is 1.12 bits per heavy atom. The summed E-state index contributed by atoms with van der Waals surface area (Å²) in [6, 6.07) is 0.751. The van der Waals surface area contributed by atoms with E-state index < -0.39 is 5.60 Å². The zero-order valence-corrected chi connectivity index (χ0v) is 10.8. The Bertz CT molecular complexity index is 279. The van der Waals surface area contributed by atoms with Gasteiger partial charge in [0.15, 0.2) is 0 Å². The Labute approximate surface area is 104 Å². The first kappa shape index (κ1) is 11.9. The molecular weight excluding hydrogens is 212 g/mol. The summed E-state index contributed by atoms with van der Waals surface area (Å²) in [5, 5.41) is 10.7. The number of β-amino-alcohol motifs (C(OH)–C–C–N with tert-alkyl or cyclic N) is 1. The molecule has 0 amide bonds. The molecule has 3 unspecified atom stereocenters. The van der Waals surface area contributed by atoms with E-state index in [1.807, 2.05) is 0 Å². The Hall–Kier alpha value is -0.120. The molecule has 0 aromatic heterocycles. The number of nitrogens with two attached hydrogens (primary N) is 1. The fraction of sp³-hybridized carbons (Fsp3) is 1.00. The van der Waals surface area contributed by atoms with E-state index in [4.69, 9.17) is 5.73 Å². The van der Waals surface area contributed by atoms with E-state index in [0.29, 0.717) is 12.5 Å². The molecule has 3 aliphatic rings. The smallest absolute Gasteiger partial charge is 0.0923 e. The lowest BCUT2D eigenvalue weighted by molar-refractivity contribution is -0.0329. The van der Waals surface area contributed by atoms with Crippen LogP contribution >= 0.6 is 0 Å². The lowest BCUT2D eigenvalue weighted by Gasteiger charge is -2.42. The van der Waals surface area contributed by atoms with E-state index in [0.717, 1.165) is 18.5 Å². The first-order valence-corrected chi connectivity index (χ1v) is 7.39. The van der Waals surface area contributed by atoms with Gasteiger partial charge in [0.25, 0.3) is 0 Å². The fourth-order valence-corrected chi connectivity index (χ4v) is 4.09. The molecule has 1 aliphatic heterocycles. The molecule has 2 aliphatic carbocycles. The standard InChI is InChI=1S/C14H26N2O/c15-9-14(17,12-6-7-12)10-16-8-2-4-11-3-1-5-13(11)16/h11-13,17H,1-10,15H2. The molecule has 1 saturated heterocycles. The summed E-state index contributed by atoms with van der Waals surface area (Å²) in [4.78, 5) is 2.56. The molecule has 3 atom stereocenters. The number of piperidine rings is 1. The van der Waals surface area contributed by atoms with Gasteiger partial charge in [0.05, 0.1) is 5.60 Å². The number of likely N-dealkylation sites (tertiary alicyclic amines) is 1. The maximum absolute atomic E-state index is 10.7. The summed E-state index contributed by atoms with van der Waals surface area (Å²) in [6.45, 7) is 2.44. The van der Waals surface area contributed by atoms with Crippen LogP contribution < -0.4 is 5.73 Å². The Morgan fingerprint density at radius 3 is 2.59 bits per heavy atom. The molecule has 3 rings (SSSR count). The molecule has 0 bridgehead atoms. The number of nitrogens with zero attached hydrogens (tertiary/aromatic N) is 1. The van der Waals surface area contributed by atoms with Crippen LogP contribution in [0.4, 0.5) is 0 Å². The van der Waals surface area contributed by atoms with Crippen LogP contribution in [-0.2, 0) is 0 Å². The predicted octanol–water partition coefficient (Wildman–Crippen LogP) is 1.35. The average Bonchev–Trinajstić information content (AvgIpc) is 3.09. The molecule has 0 radical (unpaired) electrons. The van der Waals surface area contributed by atoms with Gasteiger partial charge in [-0.15, -0.1) is 0 Å². The molecule has 0 aromatic carbocycles. The van der Waals surface area contributed by atoms with Gasteiger partial charge in [0.2, 0.25) is 0 Å². The molecule has 3 heteroatoms. The third-order valence-electron chi connectivity index (χ3n) is 5.28. The van der Waals surface area contributed by atoms with Crippen LogP contribution in [0.3, 0.4) is 0 Å². The minimum Gasteiger partial charge on any atom is -0.387 e. The van der Waals surface area contributed by atoms with Crippen molar-refractivity contribution >= 4 is 0 Å². The summed E-state index contributed by atoms with van der Waals surface area (Å²) in [5.74, 6) is 1.39. The monoisotopic (exact) mass is 238 g/mol. The first-order chi connectivity index (χ1) is 8.23. The second-order valence-electron chi connectivity index (χ2n) is 6.45. The largest absolute Gasteiger partial charge is 0.387 e. The van der Waals surface area contributed by atoms with Crippen LogP contribution in [0.15, 0.2) is 0 Å². The molecule has 3 nitrogen and oxygen atoms in total. The van der Waals surface area contributed by atoms with Crippen LogP contribution in [0.1, 0.15) is 44.9 Å². The summed E-state index contributed by atoms with van der Waals surface area (Å²) in [6.07, 6.45) is 9.21. The summed E-state index contributed by atoms with van der Waals surface area (Å²) >= 11 is 0. The molecular formula is C14H26N2O. The van der Waals surface area contributed by atoms with Crippen LogP contribution in [0.5, 0.6) is 0 Å². The van der Waals surface area contributed by atoms with E-state index in [1.54, 1.807) is 0 Å².